The topological polar surface area (TPSA) is 68.1 Å². The number of nitrogens with zero attached hydrogens (tertiary/aromatic N) is 2. The molecule has 1 aromatic rings. The lowest BCUT2D eigenvalue weighted by Gasteiger charge is -2.15. The molecule has 0 bridgehead atoms. The fourth-order valence-corrected chi connectivity index (χ4v) is 1.83. The summed E-state index contributed by atoms with van der Waals surface area (Å²) < 4.78 is 0. The number of pyridine rings is 1. The Hall–Kier alpha value is -1.49. The van der Waals surface area contributed by atoms with Crippen LogP contribution in [0, 0.1) is 17.0 Å². The van der Waals surface area contributed by atoms with Crippen molar-refractivity contribution in [3.63, 3.8) is 0 Å². The highest BCUT2D eigenvalue weighted by Crippen LogP contribution is 2.16. The lowest BCUT2D eigenvalue weighted by molar-refractivity contribution is -0.385. The van der Waals surface area contributed by atoms with Crippen molar-refractivity contribution in [2.45, 2.75) is 39.2 Å². The molecule has 1 rings (SSSR count). The van der Waals surface area contributed by atoms with E-state index < -0.39 is 4.92 Å². The fourth-order valence-electron chi connectivity index (χ4n) is 1.83. The SMILES string of the molecule is CCCC(Cc1ncc([N+](=O)[O-])cc1C)NC. The maximum Gasteiger partial charge on any atom is 0.287 e. The number of likely N-dealkylation sites (N-methyl/N-ethyl adjacent to an activating group) is 1. The van der Waals surface area contributed by atoms with Crippen LogP contribution in [0.5, 0.6) is 0 Å². The molecule has 0 amide bonds. The molecule has 94 valence electrons. The van der Waals surface area contributed by atoms with Crippen molar-refractivity contribution in [3.05, 3.63) is 33.6 Å². The first kappa shape index (κ1) is 13.6. The third kappa shape index (κ3) is 3.78. The first-order chi connectivity index (χ1) is 8.08. The van der Waals surface area contributed by atoms with Crippen molar-refractivity contribution in [3.8, 4) is 0 Å². The Morgan fingerprint density at radius 1 is 1.59 bits per heavy atom. The minimum atomic E-state index is -0.411. The van der Waals surface area contributed by atoms with Crippen LogP contribution in [-0.2, 0) is 6.42 Å². The first-order valence-electron chi connectivity index (χ1n) is 5.85. The van der Waals surface area contributed by atoms with Gasteiger partial charge >= 0.3 is 0 Å². The van der Waals surface area contributed by atoms with Crippen molar-refractivity contribution >= 4 is 5.69 Å². The largest absolute Gasteiger partial charge is 0.317 e. The van der Waals surface area contributed by atoms with Crippen LogP contribution in [0.3, 0.4) is 0 Å². The van der Waals surface area contributed by atoms with E-state index in [2.05, 4.69) is 17.2 Å². The summed E-state index contributed by atoms with van der Waals surface area (Å²) >= 11 is 0. The molecular weight excluding hydrogens is 218 g/mol. The lowest BCUT2D eigenvalue weighted by atomic mass is 10.0. The van der Waals surface area contributed by atoms with Gasteiger partial charge in [0.2, 0.25) is 0 Å². The summed E-state index contributed by atoms with van der Waals surface area (Å²) in [6.45, 7) is 4.01. The molecule has 5 nitrogen and oxygen atoms in total. The Morgan fingerprint density at radius 2 is 2.29 bits per heavy atom. The number of hydrogen-bond donors (Lipinski definition) is 1. The van der Waals surface area contributed by atoms with Gasteiger partial charge in [-0.1, -0.05) is 13.3 Å². The van der Waals surface area contributed by atoms with Crippen LogP contribution in [0.2, 0.25) is 0 Å². The number of aryl methyl sites for hydroxylation is 1. The van der Waals surface area contributed by atoms with Gasteiger partial charge in [-0.15, -0.1) is 0 Å². The Labute approximate surface area is 101 Å². The summed E-state index contributed by atoms with van der Waals surface area (Å²) in [4.78, 5) is 14.4. The van der Waals surface area contributed by atoms with Crippen LogP contribution in [0.15, 0.2) is 12.3 Å². The average molecular weight is 237 g/mol. The molecule has 0 saturated heterocycles. The van der Waals surface area contributed by atoms with E-state index in [1.165, 1.54) is 6.20 Å². The molecule has 5 heteroatoms. The first-order valence-corrected chi connectivity index (χ1v) is 5.85. The van der Waals surface area contributed by atoms with Gasteiger partial charge in [0.15, 0.2) is 0 Å². The molecule has 0 aliphatic heterocycles. The molecule has 0 aliphatic rings. The summed E-state index contributed by atoms with van der Waals surface area (Å²) in [5.74, 6) is 0. The van der Waals surface area contributed by atoms with Crippen LogP contribution in [0.4, 0.5) is 5.69 Å². The predicted molar refractivity (Wildman–Crippen MR) is 67.1 cm³/mol. The number of nitrogens with one attached hydrogen (secondary N) is 1. The van der Waals surface area contributed by atoms with E-state index >= 15 is 0 Å². The summed E-state index contributed by atoms with van der Waals surface area (Å²) in [6, 6.07) is 1.97. The van der Waals surface area contributed by atoms with E-state index in [4.69, 9.17) is 0 Å². The highest BCUT2D eigenvalue weighted by molar-refractivity contribution is 5.33. The zero-order chi connectivity index (χ0) is 12.8. The second-order valence-corrected chi connectivity index (χ2v) is 4.19. The molecule has 0 spiro atoms. The van der Waals surface area contributed by atoms with E-state index in [0.29, 0.717) is 6.04 Å². The molecule has 1 atom stereocenters. The van der Waals surface area contributed by atoms with Gasteiger partial charge in [-0.05, 0) is 26.0 Å². The molecule has 17 heavy (non-hydrogen) atoms. The third-order valence-corrected chi connectivity index (χ3v) is 2.87. The zero-order valence-electron chi connectivity index (χ0n) is 10.6. The fraction of sp³-hybridized carbons (Fsp3) is 0.583. The molecule has 0 saturated carbocycles. The van der Waals surface area contributed by atoms with E-state index in [1.54, 1.807) is 6.07 Å². The number of nitro groups is 1. The Morgan fingerprint density at radius 3 is 2.76 bits per heavy atom. The molecule has 0 aromatic carbocycles. The highest BCUT2D eigenvalue weighted by atomic mass is 16.6. The zero-order valence-corrected chi connectivity index (χ0v) is 10.6. The summed E-state index contributed by atoms with van der Waals surface area (Å²) in [6.07, 6.45) is 4.33. The van der Waals surface area contributed by atoms with Gasteiger partial charge < -0.3 is 5.32 Å². The number of aromatic nitrogens is 1. The molecule has 1 heterocycles. The molecule has 1 N–H and O–H groups in total. The van der Waals surface area contributed by atoms with E-state index in [0.717, 1.165) is 30.5 Å². The van der Waals surface area contributed by atoms with Gasteiger partial charge in [-0.2, -0.15) is 0 Å². The second-order valence-electron chi connectivity index (χ2n) is 4.19. The predicted octanol–water partition coefficient (Wildman–Crippen LogP) is 2.23. The van der Waals surface area contributed by atoms with Crippen molar-refractivity contribution in [1.29, 1.82) is 0 Å². The Balaban J connectivity index is 2.81. The maximum atomic E-state index is 10.6. The number of hydrogen-bond acceptors (Lipinski definition) is 4. The van der Waals surface area contributed by atoms with Gasteiger partial charge in [0.05, 0.1) is 4.92 Å². The molecular formula is C12H19N3O2. The summed E-state index contributed by atoms with van der Waals surface area (Å²) in [5, 5.41) is 13.8. The smallest absolute Gasteiger partial charge is 0.287 e. The van der Waals surface area contributed by atoms with Crippen LogP contribution in [0.1, 0.15) is 31.0 Å². The minimum Gasteiger partial charge on any atom is -0.317 e. The molecule has 0 radical (unpaired) electrons. The second kappa shape index (κ2) is 6.30. The van der Waals surface area contributed by atoms with E-state index in [-0.39, 0.29) is 5.69 Å². The van der Waals surface area contributed by atoms with Gasteiger partial charge in [-0.25, -0.2) is 0 Å². The van der Waals surface area contributed by atoms with Crippen LogP contribution < -0.4 is 5.32 Å². The third-order valence-electron chi connectivity index (χ3n) is 2.87. The normalized spacial score (nSPS) is 12.4. The van der Waals surface area contributed by atoms with Crippen molar-refractivity contribution in [2.24, 2.45) is 0 Å². The van der Waals surface area contributed by atoms with E-state index in [1.807, 2.05) is 14.0 Å². The van der Waals surface area contributed by atoms with Crippen molar-refractivity contribution in [2.75, 3.05) is 7.05 Å². The summed E-state index contributed by atoms with van der Waals surface area (Å²) in [7, 11) is 1.93. The quantitative estimate of drug-likeness (QED) is 0.608. The monoisotopic (exact) mass is 237 g/mol. The van der Waals surface area contributed by atoms with Gasteiger partial charge in [-0.3, -0.25) is 15.1 Å². The maximum absolute atomic E-state index is 10.6. The molecule has 0 aliphatic carbocycles. The molecule has 0 fully saturated rings. The Bertz CT molecular complexity index is 393. The molecule has 1 unspecified atom stereocenters. The van der Waals surface area contributed by atoms with Crippen LogP contribution >= 0.6 is 0 Å². The number of rotatable bonds is 6. The van der Waals surface area contributed by atoms with Crippen LogP contribution in [0.25, 0.3) is 0 Å². The van der Waals surface area contributed by atoms with Gasteiger partial charge in [0, 0.05) is 24.2 Å². The van der Waals surface area contributed by atoms with Crippen LogP contribution in [-0.4, -0.2) is 23.0 Å². The average Bonchev–Trinajstić information content (AvgIpc) is 2.30. The van der Waals surface area contributed by atoms with Crippen molar-refractivity contribution in [1.82, 2.24) is 10.3 Å². The van der Waals surface area contributed by atoms with Gasteiger partial charge in [0.1, 0.15) is 6.20 Å². The molecule has 1 aromatic heterocycles. The Kier molecular flexibility index (Phi) is 5.03. The minimum absolute atomic E-state index is 0.0581. The lowest BCUT2D eigenvalue weighted by Crippen LogP contribution is -2.28. The highest BCUT2D eigenvalue weighted by Gasteiger charge is 2.13. The van der Waals surface area contributed by atoms with Gasteiger partial charge in [0.25, 0.3) is 5.69 Å². The summed E-state index contributed by atoms with van der Waals surface area (Å²) in [5.41, 5.74) is 1.88. The van der Waals surface area contributed by atoms with E-state index in [9.17, 15) is 10.1 Å². The van der Waals surface area contributed by atoms with Crippen molar-refractivity contribution < 1.29 is 4.92 Å². The standard InChI is InChI=1S/C12H19N3O2/c1-4-5-10(13-3)7-12-9(2)6-11(8-14-12)15(16)17/h6,8,10,13H,4-5,7H2,1-3H3.